The molecule has 0 atom stereocenters. The van der Waals surface area contributed by atoms with Gasteiger partial charge in [-0.05, 0) is 46.2 Å². The fourth-order valence-electron chi connectivity index (χ4n) is 5.51. The van der Waals surface area contributed by atoms with Crippen molar-refractivity contribution in [1.29, 1.82) is 0 Å². The highest BCUT2D eigenvalue weighted by Crippen LogP contribution is 2.53. The van der Waals surface area contributed by atoms with Crippen LogP contribution >= 0.6 is 0 Å². The van der Waals surface area contributed by atoms with Crippen molar-refractivity contribution in [3.8, 4) is 5.75 Å². The highest BCUT2D eigenvalue weighted by molar-refractivity contribution is 6.06. The molecule has 0 fully saturated rings. The van der Waals surface area contributed by atoms with Crippen LogP contribution in [0.3, 0.4) is 0 Å². The Hall–Kier alpha value is -3.21. The molecule has 0 saturated heterocycles. The van der Waals surface area contributed by atoms with E-state index >= 15 is 0 Å². The molecule has 0 amide bonds. The SMILES string of the molecule is CC1(C)CC(=O)C2=C(C1)OC1=C(C(=O)CC(C)(C)C1)C2c1ccc(OCc2ccc(F)cc2)cc1. The van der Waals surface area contributed by atoms with Crippen molar-refractivity contribution in [2.24, 2.45) is 10.8 Å². The Kier molecular flexibility index (Phi) is 5.70. The van der Waals surface area contributed by atoms with Gasteiger partial charge in [-0.1, -0.05) is 52.0 Å². The molecule has 0 radical (unpaired) electrons. The summed E-state index contributed by atoms with van der Waals surface area (Å²) >= 11 is 0. The lowest BCUT2D eigenvalue weighted by atomic mass is 9.65. The molecule has 2 aromatic carbocycles. The maximum atomic E-state index is 13.4. The number of halogens is 1. The number of carbonyl (C=O) groups is 2. The van der Waals surface area contributed by atoms with Gasteiger partial charge in [0.25, 0.3) is 0 Å². The molecule has 0 N–H and O–H groups in total. The Morgan fingerprint density at radius 3 is 1.83 bits per heavy atom. The Morgan fingerprint density at radius 1 is 0.800 bits per heavy atom. The van der Waals surface area contributed by atoms with Crippen LogP contribution in [0.15, 0.2) is 71.2 Å². The molecule has 4 nitrogen and oxygen atoms in total. The summed E-state index contributed by atoms with van der Waals surface area (Å²) < 4.78 is 25.4. The first-order valence-corrected chi connectivity index (χ1v) is 12.2. The number of ether oxygens (including phenoxy) is 2. The number of carbonyl (C=O) groups excluding carboxylic acids is 2. The summed E-state index contributed by atoms with van der Waals surface area (Å²) in [6.45, 7) is 8.66. The van der Waals surface area contributed by atoms with E-state index in [2.05, 4.69) is 27.7 Å². The van der Waals surface area contributed by atoms with Crippen LogP contribution < -0.4 is 4.74 Å². The second-order valence-electron chi connectivity index (χ2n) is 11.6. The van der Waals surface area contributed by atoms with E-state index in [-0.39, 0.29) is 28.2 Å². The number of Topliss-reactive ketones (excluding diaryl/α,β-unsaturated/α-hetero) is 2. The van der Waals surface area contributed by atoms with Gasteiger partial charge >= 0.3 is 0 Å². The van der Waals surface area contributed by atoms with Crippen molar-refractivity contribution in [1.82, 2.24) is 0 Å². The lowest BCUT2D eigenvalue weighted by Gasteiger charge is -2.42. The van der Waals surface area contributed by atoms with E-state index in [1.54, 1.807) is 12.1 Å². The molecule has 5 heteroatoms. The maximum absolute atomic E-state index is 13.4. The van der Waals surface area contributed by atoms with Crippen molar-refractivity contribution in [2.45, 2.75) is 65.9 Å². The summed E-state index contributed by atoms with van der Waals surface area (Å²) in [7, 11) is 0. The molecule has 0 saturated carbocycles. The van der Waals surface area contributed by atoms with Crippen molar-refractivity contribution in [3.63, 3.8) is 0 Å². The van der Waals surface area contributed by atoms with Crippen LogP contribution in [0.2, 0.25) is 0 Å². The van der Waals surface area contributed by atoms with E-state index in [1.807, 2.05) is 24.3 Å². The van der Waals surface area contributed by atoms with E-state index in [4.69, 9.17) is 9.47 Å². The van der Waals surface area contributed by atoms with Crippen LogP contribution in [0.1, 0.15) is 70.4 Å². The zero-order valence-corrected chi connectivity index (χ0v) is 20.7. The fraction of sp³-hybridized carbons (Fsp3) is 0.400. The van der Waals surface area contributed by atoms with Gasteiger partial charge in [-0.15, -0.1) is 0 Å². The minimum absolute atomic E-state index is 0.0575. The van der Waals surface area contributed by atoms with E-state index in [9.17, 15) is 14.0 Å². The smallest absolute Gasteiger partial charge is 0.163 e. The Balaban J connectivity index is 1.48. The van der Waals surface area contributed by atoms with Crippen LogP contribution in [0, 0.1) is 16.6 Å². The zero-order chi connectivity index (χ0) is 25.0. The van der Waals surface area contributed by atoms with E-state index in [0.29, 0.717) is 49.2 Å². The quantitative estimate of drug-likeness (QED) is 0.489. The molecular weight excluding hydrogens is 443 g/mol. The summed E-state index contributed by atoms with van der Waals surface area (Å²) in [5, 5.41) is 0. The largest absolute Gasteiger partial charge is 0.489 e. The topological polar surface area (TPSA) is 52.6 Å². The molecule has 0 spiro atoms. The first kappa shape index (κ1) is 23.5. The molecule has 2 aliphatic carbocycles. The molecule has 1 aliphatic heterocycles. The lowest BCUT2D eigenvalue weighted by Crippen LogP contribution is -2.37. The van der Waals surface area contributed by atoms with Gasteiger partial charge in [0.15, 0.2) is 11.6 Å². The number of hydrogen-bond acceptors (Lipinski definition) is 4. The van der Waals surface area contributed by atoms with Gasteiger partial charge in [0, 0.05) is 42.7 Å². The van der Waals surface area contributed by atoms with Crippen molar-refractivity contribution < 1.29 is 23.5 Å². The van der Waals surface area contributed by atoms with Gasteiger partial charge in [0.05, 0.1) is 0 Å². The minimum Gasteiger partial charge on any atom is -0.489 e. The van der Waals surface area contributed by atoms with Gasteiger partial charge in [0.1, 0.15) is 29.7 Å². The maximum Gasteiger partial charge on any atom is 0.163 e. The highest BCUT2D eigenvalue weighted by atomic mass is 19.1. The molecular formula is C30H31FO4. The Morgan fingerprint density at radius 2 is 1.31 bits per heavy atom. The van der Waals surface area contributed by atoms with E-state index in [0.717, 1.165) is 22.6 Å². The first-order valence-electron chi connectivity index (χ1n) is 12.2. The molecule has 0 aromatic heterocycles. The summed E-state index contributed by atoms with van der Waals surface area (Å²) in [6, 6.07) is 13.8. The first-order chi connectivity index (χ1) is 16.5. The standard InChI is InChI=1S/C30H31FO4/c1-29(2)13-22(32)27-24(15-29)35-25-16-30(3,4)14-23(33)28(25)26(27)19-7-11-21(12-8-19)34-17-18-5-9-20(31)10-6-18/h5-12,26H,13-17H2,1-4H3. The Labute approximate surface area is 205 Å². The summed E-state index contributed by atoms with van der Waals surface area (Å²) in [4.78, 5) is 26.7. The molecule has 1 heterocycles. The van der Waals surface area contributed by atoms with Gasteiger partial charge in [-0.25, -0.2) is 4.39 Å². The van der Waals surface area contributed by atoms with E-state index < -0.39 is 5.92 Å². The molecule has 0 bridgehead atoms. The van der Waals surface area contributed by atoms with Crippen LogP contribution in [-0.2, 0) is 20.9 Å². The second-order valence-corrected chi connectivity index (χ2v) is 11.6. The summed E-state index contributed by atoms with van der Waals surface area (Å²) in [5.41, 5.74) is 2.68. The molecule has 0 unspecified atom stereocenters. The average molecular weight is 475 g/mol. The summed E-state index contributed by atoms with van der Waals surface area (Å²) in [6.07, 6.45) is 2.23. The van der Waals surface area contributed by atoms with Crippen LogP contribution in [0.4, 0.5) is 4.39 Å². The van der Waals surface area contributed by atoms with Crippen LogP contribution in [-0.4, -0.2) is 11.6 Å². The van der Waals surface area contributed by atoms with Crippen molar-refractivity contribution in [2.75, 3.05) is 0 Å². The molecule has 35 heavy (non-hydrogen) atoms. The van der Waals surface area contributed by atoms with Gasteiger partial charge < -0.3 is 9.47 Å². The molecule has 5 rings (SSSR count). The van der Waals surface area contributed by atoms with E-state index in [1.165, 1.54) is 12.1 Å². The zero-order valence-electron chi connectivity index (χ0n) is 20.7. The number of ketones is 2. The van der Waals surface area contributed by atoms with Crippen molar-refractivity contribution >= 4 is 11.6 Å². The van der Waals surface area contributed by atoms with Crippen molar-refractivity contribution in [3.05, 3.63) is 88.1 Å². The second kappa shape index (κ2) is 8.47. The van der Waals surface area contributed by atoms with Gasteiger partial charge in [-0.3, -0.25) is 9.59 Å². The predicted octanol–water partition coefficient (Wildman–Crippen LogP) is 6.80. The molecule has 182 valence electrons. The number of allylic oxidation sites excluding steroid dienone is 4. The average Bonchev–Trinajstić information content (AvgIpc) is 2.76. The number of rotatable bonds is 4. The fourth-order valence-corrected chi connectivity index (χ4v) is 5.51. The molecule has 3 aliphatic rings. The minimum atomic E-state index is -0.410. The lowest BCUT2D eigenvalue weighted by molar-refractivity contribution is -0.120. The predicted molar refractivity (Wildman–Crippen MR) is 131 cm³/mol. The van der Waals surface area contributed by atoms with Crippen LogP contribution in [0.5, 0.6) is 5.75 Å². The normalized spacial score (nSPS) is 21.4. The monoisotopic (exact) mass is 474 g/mol. The van der Waals surface area contributed by atoms with Crippen LogP contribution in [0.25, 0.3) is 0 Å². The third-order valence-electron chi connectivity index (χ3n) is 7.11. The third-order valence-corrected chi connectivity index (χ3v) is 7.11. The third kappa shape index (κ3) is 4.69. The Bertz CT molecular complexity index is 1190. The number of benzene rings is 2. The molecule has 2 aromatic rings. The van der Waals surface area contributed by atoms with Gasteiger partial charge in [-0.2, -0.15) is 0 Å². The number of hydrogen-bond donors (Lipinski definition) is 0. The summed E-state index contributed by atoms with van der Waals surface area (Å²) in [5.74, 6) is 1.53. The van der Waals surface area contributed by atoms with Gasteiger partial charge in [0.2, 0.25) is 0 Å². The highest BCUT2D eigenvalue weighted by Gasteiger charge is 2.47.